The Kier molecular flexibility index (Phi) is 4.20. The number of aliphatic hydroxyl groups excluding tert-OH is 1. The molecule has 1 fully saturated rings. The molecule has 7 heteroatoms. The highest BCUT2D eigenvalue weighted by molar-refractivity contribution is 5.68. The number of carbonyl (C=O) groups excluding carboxylic acids is 1. The van der Waals surface area contributed by atoms with Crippen LogP contribution in [0.1, 0.15) is 27.2 Å². The molecule has 17 heavy (non-hydrogen) atoms. The van der Waals surface area contributed by atoms with Gasteiger partial charge in [0.1, 0.15) is 5.60 Å². The summed E-state index contributed by atoms with van der Waals surface area (Å²) in [7, 11) is 0. The number of hydrogen-bond acceptors (Lipinski definition) is 4. The van der Waals surface area contributed by atoms with Gasteiger partial charge in [-0.1, -0.05) is 5.11 Å². The first-order valence-corrected chi connectivity index (χ1v) is 5.52. The van der Waals surface area contributed by atoms with Crippen molar-refractivity contribution in [1.29, 1.82) is 0 Å². The lowest BCUT2D eigenvalue weighted by Gasteiger charge is -2.34. The maximum absolute atomic E-state index is 11.8. The number of amides is 1. The maximum atomic E-state index is 11.8. The fraction of sp³-hybridized carbons (Fsp3) is 0.900. The molecule has 2 atom stereocenters. The minimum atomic E-state index is -0.674. The number of β-amino-alcohol motifs (C(OH)–C–C–N with tert-alkyl or cyclic N) is 1. The molecule has 0 spiro atoms. The molecule has 0 aromatic rings. The van der Waals surface area contributed by atoms with Crippen molar-refractivity contribution in [3.8, 4) is 0 Å². The van der Waals surface area contributed by atoms with Gasteiger partial charge in [-0.05, 0) is 32.7 Å². The highest BCUT2D eigenvalue weighted by Crippen LogP contribution is 2.17. The van der Waals surface area contributed by atoms with Crippen molar-refractivity contribution >= 4 is 6.09 Å². The van der Waals surface area contributed by atoms with Gasteiger partial charge in [-0.3, -0.25) is 0 Å². The summed E-state index contributed by atoms with van der Waals surface area (Å²) in [5, 5.41) is 13.1. The highest BCUT2D eigenvalue weighted by atomic mass is 16.6. The molecular weight excluding hydrogens is 224 g/mol. The fourth-order valence-electron chi connectivity index (χ4n) is 1.68. The number of hydrogen-bond donors (Lipinski definition) is 1. The number of likely N-dealkylation sites (tertiary alicyclic amines) is 1. The van der Waals surface area contributed by atoms with E-state index in [1.807, 2.05) is 0 Å². The van der Waals surface area contributed by atoms with Crippen molar-refractivity contribution in [2.75, 3.05) is 13.1 Å². The molecular formula is C10H18N4O3. The van der Waals surface area contributed by atoms with Gasteiger partial charge in [0.25, 0.3) is 0 Å². The molecule has 1 saturated heterocycles. The second-order valence-corrected chi connectivity index (χ2v) is 5.13. The van der Waals surface area contributed by atoms with Crippen LogP contribution in [0.5, 0.6) is 0 Å². The normalized spacial score (nSPS) is 25.1. The molecule has 0 aromatic heterocycles. The van der Waals surface area contributed by atoms with Gasteiger partial charge < -0.3 is 14.7 Å². The van der Waals surface area contributed by atoms with Crippen LogP contribution in [0.2, 0.25) is 0 Å². The number of piperidine rings is 1. The van der Waals surface area contributed by atoms with Crippen LogP contribution in [-0.2, 0) is 4.74 Å². The Labute approximate surface area is 100.0 Å². The quantitative estimate of drug-likeness (QED) is 0.430. The Balaban J connectivity index is 2.64. The van der Waals surface area contributed by atoms with E-state index in [4.69, 9.17) is 10.3 Å². The molecule has 0 bridgehead atoms. The minimum Gasteiger partial charge on any atom is -0.444 e. The standard InChI is InChI=1S/C10H18N4O3/c1-10(2,3)17-9(16)14-5-7(12-13-11)4-8(15)6-14/h7-8,15H,4-6H2,1-3H3/t7-,8-/m0/s1. The van der Waals surface area contributed by atoms with Crippen molar-refractivity contribution in [2.24, 2.45) is 5.11 Å². The molecule has 7 nitrogen and oxygen atoms in total. The van der Waals surface area contributed by atoms with E-state index in [-0.39, 0.29) is 13.1 Å². The zero-order valence-electron chi connectivity index (χ0n) is 10.3. The lowest BCUT2D eigenvalue weighted by molar-refractivity contribution is 0.000533. The topological polar surface area (TPSA) is 98.5 Å². The maximum Gasteiger partial charge on any atom is 0.410 e. The van der Waals surface area contributed by atoms with Crippen LogP contribution < -0.4 is 0 Å². The van der Waals surface area contributed by atoms with Crippen LogP contribution in [-0.4, -0.2) is 46.9 Å². The third kappa shape index (κ3) is 4.50. The lowest BCUT2D eigenvalue weighted by Crippen LogP contribution is -2.49. The van der Waals surface area contributed by atoms with Crippen LogP contribution in [0.15, 0.2) is 5.11 Å². The van der Waals surface area contributed by atoms with Crippen molar-refractivity contribution in [2.45, 2.75) is 44.9 Å². The van der Waals surface area contributed by atoms with Gasteiger partial charge in [-0.15, -0.1) is 0 Å². The first-order chi connectivity index (χ1) is 7.81. The Bertz CT molecular complexity index is 333. The van der Waals surface area contributed by atoms with Crippen molar-refractivity contribution in [1.82, 2.24) is 4.90 Å². The fourth-order valence-corrected chi connectivity index (χ4v) is 1.68. The second-order valence-electron chi connectivity index (χ2n) is 5.13. The SMILES string of the molecule is CC(C)(C)OC(=O)N1C[C@@H](O)C[C@H](N=[N+]=[N-])C1. The van der Waals surface area contributed by atoms with Gasteiger partial charge in [-0.25, -0.2) is 4.79 Å². The minimum absolute atomic E-state index is 0.215. The molecule has 1 aliphatic heterocycles. The second kappa shape index (κ2) is 5.25. The van der Waals surface area contributed by atoms with Gasteiger partial charge in [-0.2, -0.15) is 0 Å². The molecule has 1 amide bonds. The van der Waals surface area contributed by atoms with Crippen LogP contribution in [0.25, 0.3) is 10.4 Å². The van der Waals surface area contributed by atoms with E-state index in [2.05, 4.69) is 10.0 Å². The molecule has 0 saturated carbocycles. The monoisotopic (exact) mass is 242 g/mol. The number of azide groups is 1. The predicted molar refractivity (Wildman–Crippen MR) is 61.4 cm³/mol. The highest BCUT2D eigenvalue weighted by Gasteiger charge is 2.31. The van der Waals surface area contributed by atoms with Gasteiger partial charge in [0.15, 0.2) is 0 Å². The first-order valence-electron chi connectivity index (χ1n) is 5.52. The summed E-state index contributed by atoms with van der Waals surface area (Å²) in [6.07, 6.45) is -0.787. The zero-order valence-corrected chi connectivity index (χ0v) is 10.3. The van der Waals surface area contributed by atoms with E-state index < -0.39 is 23.8 Å². The van der Waals surface area contributed by atoms with E-state index >= 15 is 0 Å². The third-order valence-electron chi connectivity index (χ3n) is 2.27. The third-order valence-corrected chi connectivity index (χ3v) is 2.27. The average molecular weight is 242 g/mol. The number of nitrogens with zero attached hydrogens (tertiary/aromatic N) is 4. The van der Waals surface area contributed by atoms with Gasteiger partial charge in [0, 0.05) is 18.0 Å². The zero-order chi connectivity index (χ0) is 13.1. The van der Waals surface area contributed by atoms with Crippen LogP contribution in [0, 0.1) is 0 Å². The summed E-state index contributed by atoms with van der Waals surface area (Å²) in [6, 6.07) is -0.392. The summed E-state index contributed by atoms with van der Waals surface area (Å²) in [5.41, 5.74) is 7.78. The molecule has 0 aliphatic carbocycles. The molecule has 0 aromatic carbocycles. The summed E-state index contributed by atoms with van der Waals surface area (Å²) < 4.78 is 5.19. The Morgan fingerprint density at radius 2 is 2.18 bits per heavy atom. The van der Waals surface area contributed by atoms with Crippen molar-refractivity contribution < 1.29 is 14.6 Å². The molecule has 1 rings (SSSR count). The average Bonchev–Trinajstić information content (AvgIpc) is 2.14. The predicted octanol–water partition coefficient (Wildman–Crippen LogP) is 1.67. The van der Waals surface area contributed by atoms with E-state index in [0.717, 1.165) is 0 Å². The summed E-state index contributed by atoms with van der Waals surface area (Å²) >= 11 is 0. The van der Waals surface area contributed by atoms with E-state index in [0.29, 0.717) is 6.42 Å². The first kappa shape index (κ1) is 13.6. The van der Waals surface area contributed by atoms with E-state index in [1.54, 1.807) is 20.8 Å². The molecule has 1 heterocycles. The largest absolute Gasteiger partial charge is 0.444 e. The van der Waals surface area contributed by atoms with Crippen LogP contribution in [0.4, 0.5) is 4.79 Å². The molecule has 1 aliphatic rings. The smallest absolute Gasteiger partial charge is 0.410 e. The van der Waals surface area contributed by atoms with E-state index in [1.165, 1.54) is 4.90 Å². The summed E-state index contributed by atoms with van der Waals surface area (Å²) in [4.78, 5) is 15.8. The Hall–Kier alpha value is -1.46. The Morgan fingerprint density at radius 3 is 2.71 bits per heavy atom. The number of aliphatic hydroxyl groups is 1. The lowest BCUT2D eigenvalue weighted by atomic mass is 10.0. The van der Waals surface area contributed by atoms with Crippen molar-refractivity contribution in [3.63, 3.8) is 0 Å². The number of carbonyl (C=O) groups is 1. The Morgan fingerprint density at radius 1 is 1.53 bits per heavy atom. The van der Waals surface area contributed by atoms with Crippen molar-refractivity contribution in [3.05, 3.63) is 10.4 Å². The number of rotatable bonds is 1. The molecule has 0 radical (unpaired) electrons. The number of ether oxygens (including phenoxy) is 1. The molecule has 1 N–H and O–H groups in total. The van der Waals surface area contributed by atoms with Gasteiger partial charge in [0.05, 0.1) is 12.1 Å². The summed E-state index contributed by atoms with van der Waals surface area (Å²) in [5.74, 6) is 0. The van der Waals surface area contributed by atoms with E-state index in [9.17, 15) is 9.90 Å². The molecule has 96 valence electrons. The van der Waals surface area contributed by atoms with Gasteiger partial charge >= 0.3 is 6.09 Å². The molecule has 0 unspecified atom stereocenters. The van der Waals surface area contributed by atoms with Crippen LogP contribution in [0.3, 0.4) is 0 Å². The van der Waals surface area contributed by atoms with Crippen LogP contribution >= 0.6 is 0 Å². The van der Waals surface area contributed by atoms with Gasteiger partial charge in [0.2, 0.25) is 0 Å². The summed E-state index contributed by atoms with van der Waals surface area (Å²) in [6.45, 7) is 5.82.